The van der Waals surface area contributed by atoms with Gasteiger partial charge >= 0.3 is 0 Å². The van der Waals surface area contributed by atoms with Crippen molar-refractivity contribution in [3.05, 3.63) is 59.4 Å². The predicted molar refractivity (Wildman–Crippen MR) is 85.1 cm³/mol. The second-order valence-corrected chi connectivity index (χ2v) is 5.06. The number of hydrogen-bond acceptors (Lipinski definition) is 3. The number of aromatic nitrogens is 1. The van der Waals surface area contributed by atoms with Gasteiger partial charge in [0.15, 0.2) is 0 Å². The molecule has 0 saturated carbocycles. The van der Waals surface area contributed by atoms with Crippen LogP contribution in [0.3, 0.4) is 0 Å². The summed E-state index contributed by atoms with van der Waals surface area (Å²) in [5.41, 5.74) is 8.85. The average molecular weight is 286 g/mol. The molecular weight excluding hydrogens is 268 g/mol. The van der Waals surface area contributed by atoms with Crippen LogP contribution in [0.25, 0.3) is 0 Å². The van der Waals surface area contributed by atoms with E-state index in [0.29, 0.717) is 11.6 Å². The normalized spacial score (nSPS) is 10.2. The molecule has 104 valence electrons. The van der Waals surface area contributed by atoms with Crippen molar-refractivity contribution in [1.29, 1.82) is 0 Å². The van der Waals surface area contributed by atoms with Crippen molar-refractivity contribution in [2.24, 2.45) is 5.73 Å². The van der Waals surface area contributed by atoms with Gasteiger partial charge in [0, 0.05) is 12.4 Å². The van der Waals surface area contributed by atoms with Gasteiger partial charge in [0.05, 0.1) is 12.2 Å². The lowest BCUT2D eigenvalue weighted by Crippen LogP contribution is -2.13. The minimum atomic E-state index is 0.373. The molecule has 1 heterocycles. The molecule has 1 aromatic carbocycles. The summed E-state index contributed by atoms with van der Waals surface area (Å²) in [6.45, 7) is 2.64. The lowest BCUT2D eigenvalue weighted by molar-refractivity contribution is 0.308. The highest BCUT2D eigenvalue weighted by Crippen LogP contribution is 2.23. The third-order valence-electron chi connectivity index (χ3n) is 3.08. The van der Waals surface area contributed by atoms with E-state index >= 15 is 0 Å². The molecule has 2 N–H and O–H groups in total. The number of pyridine rings is 1. The van der Waals surface area contributed by atoms with E-state index < -0.39 is 0 Å². The van der Waals surface area contributed by atoms with Crippen LogP contribution in [0.15, 0.2) is 42.7 Å². The Morgan fingerprint density at radius 1 is 1.25 bits per heavy atom. The summed E-state index contributed by atoms with van der Waals surface area (Å²) in [6, 6.07) is 9.88. The number of nitrogens with zero attached hydrogens (tertiary/aromatic N) is 1. The fraction of sp³-hybridized carbons (Fsp3) is 0.250. The zero-order chi connectivity index (χ0) is 14.4. The van der Waals surface area contributed by atoms with Crippen molar-refractivity contribution in [1.82, 2.24) is 4.98 Å². The summed E-state index contributed by atoms with van der Waals surface area (Å²) in [5, 5.41) is 0. The van der Waals surface area contributed by atoms with Crippen LogP contribution >= 0.6 is 12.2 Å². The van der Waals surface area contributed by atoms with Gasteiger partial charge in [-0.25, -0.2) is 0 Å². The molecule has 0 spiro atoms. The predicted octanol–water partition coefficient (Wildman–Crippen LogP) is 3.04. The molecule has 0 aliphatic rings. The summed E-state index contributed by atoms with van der Waals surface area (Å²) < 4.78 is 5.87. The molecule has 0 radical (unpaired) electrons. The van der Waals surface area contributed by atoms with Crippen LogP contribution in [-0.4, -0.2) is 16.6 Å². The lowest BCUT2D eigenvalue weighted by atomic mass is 10.1. The van der Waals surface area contributed by atoms with Gasteiger partial charge in [-0.1, -0.05) is 24.4 Å². The first-order chi connectivity index (χ1) is 9.68. The fourth-order valence-electron chi connectivity index (χ4n) is 2.04. The Morgan fingerprint density at radius 2 is 2.00 bits per heavy atom. The van der Waals surface area contributed by atoms with E-state index in [9.17, 15) is 0 Å². The van der Waals surface area contributed by atoms with E-state index in [-0.39, 0.29) is 0 Å². The van der Waals surface area contributed by atoms with E-state index in [1.807, 2.05) is 49.6 Å². The van der Waals surface area contributed by atoms with Crippen LogP contribution in [0, 0.1) is 6.92 Å². The van der Waals surface area contributed by atoms with E-state index in [0.717, 1.165) is 29.7 Å². The largest absolute Gasteiger partial charge is 0.493 e. The number of ether oxygens (including phenoxy) is 1. The lowest BCUT2D eigenvalue weighted by Gasteiger charge is -2.13. The van der Waals surface area contributed by atoms with Gasteiger partial charge in [-0.05, 0) is 49.1 Å². The average Bonchev–Trinajstić information content (AvgIpc) is 2.45. The van der Waals surface area contributed by atoms with E-state index in [2.05, 4.69) is 4.98 Å². The standard InChI is InChI=1S/C16H18N2OS/c1-12-4-2-6-14(16(17)20)15(12)19-11-3-5-13-7-9-18-10-8-13/h2,4,6-10H,3,5,11H2,1H3,(H2,17,20). The van der Waals surface area contributed by atoms with Crippen LogP contribution in [0.4, 0.5) is 0 Å². The molecule has 0 atom stereocenters. The van der Waals surface area contributed by atoms with Gasteiger partial charge in [0.2, 0.25) is 0 Å². The Morgan fingerprint density at radius 3 is 2.70 bits per heavy atom. The van der Waals surface area contributed by atoms with Gasteiger partial charge in [-0.15, -0.1) is 0 Å². The van der Waals surface area contributed by atoms with Crippen molar-refractivity contribution >= 4 is 17.2 Å². The Kier molecular flexibility index (Phi) is 5.07. The van der Waals surface area contributed by atoms with Crippen LogP contribution in [0.2, 0.25) is 0 Å². The molecule has 0 saturated heterocycles. The maximum Gasteiger partial charge on any atom is 0.132 e. The molecule has 4 heteroatoms. The molecular formula is C16H18N2OS. The van der Waals surface area contributed by atoms with Crippen molar-refractivity contribution in [3.63, 3.8) is 0 Å². The Bertz CT molecular complexity index is 584. The smallest absolute Gasteiger partial charge is 0.132 e. The van der Waals surface area contributed by atoms with E-state index in [4.69, 9.17) is 22.7 Å². The first-order valence-electron chi connectivity index (χ1n) is 6.59. The zero-order valence-corrected chi connectivity index (χ0v) is 12.3. The Labute approximate surface area is 124 Å². The molecule has 0 aliphatic carbocycles. The molecule has 0 unspecified atom stereocenters. The third-order valence-corrected chi connectivity index (χ3v) is 3.30. The first kappa shape index (κ1) is 14.5. The quantitative estimate of drug-likeness (QED) is 0.655. The van der Waals surface area contributed by atoms with Crippen LogP contribution in [0.1, 0.15) is 23.1 Å². The van der Waals surface area contributed by atoms with Gasteiger partial charge < -0.3 is 10.5 Å². The van der Waals surface area contributed by atoms with Crippen LogP contribution < -0.4 is 10.5 Å². The summed E-state index contributed by atoms with van der Waals surface area (Å²) in [5.74, 6) is 0.801. The number of nitrogens with two attached hydrogens (primary N) is 1. The molecule has 0 fully saturated rings. The van der Waals surface area contributed by atoms with Crippen molar-refractivity contribution < 1.29 is 4.74 Å². The molecule has 0 bridgehead atoms. The number of hydrogen-bond donors (Lipinski definition) is 1. The van der Waals surface area contributed by atoms with Crippen molar-refractivity contribution in [2.45, 2.75) is 19.8 Å². The number of rotatable bonds is 6. The molecule has 20 heavy (non-hydrogen) atoms. The van der Waals surface area contributed by atoms with Gasteiger partial charge in [0.1, 0.15) is 10.7 Å². The third kappa shape index (κ3) is 3.78. The summed E-state index contributed by atoms with van der Waals surface area (Å²) in [7, 11) is 0. The van der Waals surface area contributed by atoms with E-state index in [1.54, 1.807) is 0 Å². The summed E-state index contributed by atoms with van der Waals surface area (Å²) in [6.07, 6.45) is 5.52. The topological polar surface area (TPSA) is 48.1 Å². The van der Waals surface area contributed by atoms with Gasteiger partial charge in [-0.2, -0.15) is 0 Å². The number of aryl methyl sites for hydroxylation is 2. The highest BCUT2D eigenvalue weighted by Gasteiger charge is 2.08. The Balaban J connectivity index is 1.93. The molecule has 2 rings (SSSR count). The van der Waals surface area contributed by atoms with Gasteiger partial charge in [0.25, 0.3) is 0 Å². The van der Waals surface area contributed by atoms with E-state index in [1.165, 1.54) is 5.56 Å². The van der Waals surface area contributed by atoms with Crippen molar-refractivity contribution in [2.75, 3.05) is 6.61 Å². The molecule has 0 amide bonds. The molecule has 2 aromatic rings. The maximum atomic E-state index is 5.87. The number of benzene rings is 1. The first-order valence-corrected chi connectivity index (χ1v) is 7.00. The highest BCUT2D eigenvalue weighted by atomic mass is 32.1. The molecule has 0 aliphatic heterocycles. The SMILES string of the molecule is Cc1cccc(C(N)=S)c1OCCCc1ccncc1. The van der Waals surface area contributed by atoms with Gasteiger partial charge in [-0.3, -0.25) is 4.98 Å². The summed E-state index contributed by atoms with van der Waals surface area (Å²) >= 11 is 5.06. The fourth-order valence-corrected chi connectivity index (χ4v) is 2.20. The minimum Gasteiger partial charge on any atom is -0.493 e. The second-order valence-electron chi connectivity index (χ2n) is 4.62. The zero-order valence-electron chi connectivity index (χ0n) is 11.5. The Hall–Kier alpha value is -1.94. The number of para-hydroxylation sites is 1. The summed E-state index contributed by atoms with van der Waals surface area (Å²) in [4.78, 5) is 4.38. The van der Waals surface area contributed by atoms with Crippen LogP contribution in [0.5, 0.6) is 5.75 Å². The maximum absolute atomic E-state index is 5.87. The monoisotopic (exact) mass is 286 g/mol. The molecule has 1 aromatic heterocycles. The van der Waals surface area contributed by atoms with Crippen LogP contribution in [-0.2, 0) is 6.42 Å². The number of thiocarbonyl (C=S) groups is 1. The minimum absolute atomic E-state index is 0.373. The molecule has 3 nitrogen and oxygen atoms in total. The van der Waals surface area contributed by atoms with Crippen molar-refractivity contribution in [3.8, 4) is 5.75 Å². The highest BCUT2D eigenvalue weighted by molar-refractivity contribution is 7.80. The second kappa shape index (κ2) is 7.01.